The Labute approximate surface area is 107 Å². The molecule has 1 unspecified atom stereocenters. The number of para-hydroxylation sites is 1. The molecule has 0 saturated carbocycles. The minimum atomic E-state index is 0.0115. The third-order valence-corrected chi connectivity index (χ3v) is 2.95. The summed E-state index contributed by atoms with van der Waals surface area (Å²) in [6.07, 6.45) is 0.121. The highest BCUT2D eigenvalue weighted by Gasteiger charge is 2.05. The zero-order valence-corrected chi connectivity index (χ0v) is 10.7. The average Bonchev–Trinajstić information content (AvgIpc) is 2.43. The van der Waals surface area contributed by atoms with E-state index >= 15 is 0 Å². The van der Waals surface area contributed by atoms with Crippen molar-refractivity contribution >= 4 is 16.7 Å². The molecule has 96 valence electrons. The topological polar surface area (TPSA) is 54.4 Å². The number of anilines is 1. The van der Waals surface area contributed by atoms with Crippen molar-refractivity contribution in [1.29, 1.82) is 0 Å². The van der Waals surface area contributed by atoms with Crippen molar-refractivity contribution in [1.82, 2.24) is 4.98 Å². The molecule has 0 spiro atoms. The van der Waals surface area contributed by atoms with E-state index in [-0.39, 0.29) is 12.7 Å². The van der Waals surface area contributed by atoms with E-state index in [0.717, 1.165) is 22.3 Å². The van der Waals surface area contributed by atoms with Crippen LogP contribution < -0.4 is 5.32 Å². The van der Waals surface area contributed by atoms with Gasteiger partial charge in [-0.05, 0) is 24.6 Å². The fourth-order valence-corrected chi connectivity index (χ4v) is 1.80. The molecule has 0 radical (unpaired) electrons. The molecular weight excluding hydrogens is 228 g/mol. The third-order valence-electron chi connectivity index (χ3n) is 2.95. The van der Waals surface area contributed by atoms with Crippen LogP contribution in [0, 0.1) is 0 Å². The van der Waals surface area contributed by atoms with Crippen LogP contribution in [0.15, 0.2) is 30.3 Å². The number of hydrogen-bond donors (Lipinski definition) is 2. The second-order valence-electron chi connectivity index (χ2n) is 4.27. The molecule has 0 amide bonds. The van der Waals surface area contributed by atoms with Gasteiger partial charge in [0, 0.05) is 19.0 Å². The Morgan fingerprint density at radius 1 is 1.39 bits per heavy atom. The minimum absolute atomic E-state index is 0.0115. The summed E-state index contributed by atoms with van der Waals surface area (Å²) >= 11 is 0. The number of ether oxygens (including phenoxy) is 1. The smallest absolute Gasteiger partial charge is 0.127 e. The molecule has 0 aliphatic heterocycles. The second kappa shape index (κ2) is 5.80. The standard InChI is InChI=1S/C14H18N2O2/c1-10(18-2)8-15-14-7-11(9-17)12-5-3-4-6-13(12)16-14/h3-7,10,17H,8-9H2,1-2H3,(H,15,16). The first-order valence-corrected chi connectivity index (χ1v) is 6.00. The highest BCUT2D eigenvalue weighted by Crippen LogP contribution is 2.20. The Hall–Kier alpha value is -1.65. The number of fused-ring (bicyclic) bond motifs is 1. The molecule has 18 heavy (non-hydrogen) atoms. The third kappa shape index (κ3) is 2.78. The molecule has 4 heteroatoms. The van der Waals surface area contributed by atoms with E-state index in [4.69, 9.17) is 4.74 Å². The lowest BCUT2D eigenvalue weighted by atomic mass is 10.1. The maximum Gasteiger partial charge on any atom is 0.127 e. The lowest BCUT2D eigenvalue weighted by Gasteiger charge is -2.13. The van der Waals surface area contributed by atoms with E-state index in [9.17, 15) is 5.11 Å². The van der Waals surface area contributed by atoms with Crippen molar-refractivity contribution in [2.45, 2.75) is 19.6 Å². The number of pyridine rings is 1. The summed E-state index contributed by atoms with van der Waals surface area (Å²) in [6.45, 7) is 2.69. The monoisotopic (exact) mass is 246 g/mol. The molecule has 2 aromatic rings. The van der Waals surface area contributed by atoms with Crippen molar-refractivity contribution in [2.75, 3.05) is 19.0 Å². The van der Waals surface area contributed by atoms with Gasteiger partial charge in [-0.3, -0.25) is 0 Å². The van der Waals surface area contributed by atoms with Gasteiger partial charge < -0.3 is 15.2 Å². The molecule has 1 atom stereocenters. The van der Waals surface area contributed by atoms with Gasteiger partial charge in [-0.2, -0.15) is 0 Å². The van der Waals surface area contributed by atoms with Crippen LogP contribution in [0.25, 0.3) is 10.9 Å². The van der Waals surface area contributed by atoms with Crippen LogP contribution in [-0.2, 0) is 11.3 Å². The summed E-state index contributed by atoms with van der Waals surface area (Å²) in [4.78, 5) is 4.51. The first-order chi connectivity index (χ1) is 8.74. The van der Waals surface area contributed by atoms with E-state index in [0.29, 0.717) is 6.54 Å². The van der Waals surface area contributed by atoms with E-state index in [1.165, 1.54) is 0 Å². The quantitative estimate of drug-likeness (QED) is 0.849. The van der Waals surface area contributed by atoms with Crippen LogP contribution in [0.2, 0.25) is 0 Å². The number of nitrogens with zero attached hydrogens (tertiary/aromatic N) is 1. The maximum absolute atomic E-state index is 9.40. The number of methoxy groups -OCH3 is 1. The number of rotatable bonds is 5. The van der Waals surface area contributed by atoms with Crippen LogP contribution in [0.4, 0.5) is 5.82 Å². The Kier molecular flexibility index (Phi) is 4.12. The van der Waals surface area contributed by atoms with E-state index in [1.807, 2.05) is 37.3 Å². The van der Waals surface area contributed by atoms with Crippen molar-refractivity contribution in [3.05, 3.63) is 35.9 Å². The fraction of sp³-hybridized carbons (Fsp3) is 0.357. The van der Waals surface area contributed by atoms with Gasteiger partial charge in [-0.25, -0.2) is 4.98 Å². The van der Waals surface area contributed by atoms with Gasteiger partial charge in [-0.1, -0.05) is 18.2 Å². The fourth-order valence-electron chi connectivity index (χ4n) is 1.80. The minimum Gasteiger partial charge on any atom is -0.392 e. The maximum atomic E-state index is 9.40. The lowest BCUT2D eigenvalue weighted by molar-refractivity contribution is 0.128. The Morgan fingerprint density at radius 2 is 2.17 bits per heavy atom. The first-order valence-electron chi connectivity index (χ1n) is 6.00. The molecule has 0 aliphatic carbocycles. The van der Waals surface area contributed by atoms with Gasteiger partial charge in [-0.15, -0.1) is 0 Å². The molecular formula is C14H18N2O2. The highest BCUT2D eigenvalue weighted by molar-refractivity contribution is 5.83. The predicted molar refractivity (Wildman–Crippen MR) is 72.6 cm³/mol. The lowest BCUT2D eigenvalue weighted by Crippen LogP contribution is -2.18. The van der Waals surface area contributed by atoms with E-state index in [1.54, 1.807) is 7.11 Å². The molecule has 0 bridgehead atoms. The van der Waals surface area contributed by atoms with Crippen LogP contribution >= 0.6 is 0 Å². The van der Waals surface area contributed by atoms with Crippen LogP contribution in [0.5, 0.6) is 0 Å². The largest absolute Gasteiger partial charge is 0.392 e. The average molecular weight is 246 g/mol. The van der Waals surface area contributed by atoms with Crippen molar-refractivity contribution in [3.63, 3.8) is 0 Å². The van der Waals surface area contributed by atoms with Gasteiger partial charge in [0.05, 0.1) is 18.2 Å². The van der Waals surface area contributed by atoms with Gasteiger partial charge >= 0.3 is 0 Å². The Balaban J connectivity index is 2.29. The van der Waals surface area contributed by atoms with Crippen molar-refractivity contribution in [3.8, 4) is 0 Å². The van der Waals surface area contributed by atoms with Gasteiger partial charge in [0.1, 0.15) is 5.82 Å². The normalized spacial score (nSPS) is 12.6. The number of benzene rings is 1. The van der Waals surface area contributed by atoms with Gasteiger partial charge in [0.2, 0.25) is 0 Å². The number of nitrogens with one attached hydrogen (secondary N) is 1. The molecule has 1 heterocycles. The zero-order valence-electron chi connectivity index (χ0n) is 10.7. The summed E-state index contributed by atoms with van der Waals surface area (Å²) in [6, 6.07) is 9.68. The van der Waals surface area contributed by atoms with E-state index < -0.39 is 0 Å². The number of aliphatic hydroxyl groups excluding tert-OH is 1. The summed E-state index contributed by atoms with van der Waals surface area (Å²) in [5.74, 6) is 0.765. The number of hydrogen-bond acceptors (Lipinski definition) is 4. The van der Waals surface area contributed by atoms with Crippen molar-refractivity contribution < 1.29 is 9.84 Å². The molecule has 0 fully saturated rings. The van der Waals surface area contributed by atoms with Gasteiger partial charge in [0.15, 0.2) is 0 Å². The van der Waals surface area contributed by atoms with Crippen LogP contribution in [0.3, 0.4) is 0 Å². The predicted octanol–water partition coefficient (Wildman–Crippen LogP) is 2.17. The van der Waals surface area contributed by atoms with Crippen molar-refractivity contribution in [2.24, 2.45) is 0 Å². The molecule has 2 rings (SSSR count). The number of aromatic nitrogens is 1. The highest BCUT2D eigenvalue weighted by atomic mass is 16.5. The Morgan fingerprint density at radius 3 is 2.89 bits per heavy atom. The number of aliphatic hydroxyl groups is 1. The zero-order chi connectivity index (χ0) is 13.0. The molecule has 4 nitrogen and oxygen atoms in total. The first kappa shape index (κ1) is 12.8. The SMILES string of the molecule is COC(C)CNc1cc(CO)c2ccccc2n1. The molecule has 1 aromatic heterocycles. The van der Waals surface area contributed by atoms with E-state index in [2.05, 4.69) is 10.3 Å². The molecule has 0 aliphatic rings. The summed E-state index contributed by atoms with van der Waals surface area (Å²) in [5.41, 5.74) is 1.77. The van der Waals surface area contributed by atoms with Gasteiger partial charge in [0.25, 0.3) is 0 Å². The molecule has 1 aromatic carbocycles. The van der Waals surface area contributed by atoms with Crippen LogP contribution in [-0.4, -0.2) is 29.8 Å². The Bertz CT molecular complexity index is 528. The summed E-state index contributed by atoms with van der Waals surface area (Å²) in [7, 11) is 1.68. The van der Waals surface area contributed by atoms with Crippen LogP contribution in [0.1, 0.15) is 12.5 Å². The molecule has 0 saturated heterocycles. The second-order valence-corrected chi connectivity index (χ2v) is 4.27. The molecule has 2 N–H and O–H groups in total. The summed E-state index contributed by atoms with van der Waals surface area (Å²) in [5, 5.41) is 13.6. The summed E-state index contributed by atoms with van der Waals surface area (Å²) < 4.78 is 5.18.